The van der Waals surface area contributed by atoms with Gasteiger partial charge in [0.25, 0.3) is 0 Å². The van der Waals surface area contributed by atoms with Crippen molar-refractivity contribution in [2.45, 2.75) is 37.6 Å². The molecule has 1 saturated carbocycles. The molecule has 2 N–H and O–H groups in total. The van der Waals surface area contributed by atoms with Gasteiger partial charge >= 0.3 is 0 Å². The second-order valence-electron chi connectivity index (χ2n) is 4.01. The molecule has 2 rings (SSSR count). The molecule has 2 nitrogen and oxygen atoms in total. The van der Waals surface area contributed by atoms with Crippen LogP contribution in [0.4, 0.5) is 0 Å². The van der Waals surface area contributed by atoms with Gasteiger partial charge < -0.3 is 5.73 Å². The number of nitrogens with zero attached hydrogens (tertiary/aromatic N) is 1. The van der Waals surface area contributed by atoms with Crippen molar-refractivity contribution in [2.24, 2.45) is 5.73 Å². The summed E-state index contributed by atoms with van der Waals surface area (Å²) in [7, 11) is 0. The van der Waals surface area contributed by atoms with Gasteiger partial charge in [-0.25, -0.2) is 4.98 Å². The van der Waals surface area contributed by atoms with Crippen LogP contribution in [0.3, 0.4) is 0 Å². The molecule has 1 fully saturated rings. The molecule has 0 spiro atoms. The third-order valence-electron chi connectivity index (χ3n) is 2.87. The van der Waals surface area contributed by atoms with Crippen LogP contribution in [0.2, 0.25) is 0 Å². The van der Waals surface area contributed by atoms with Gasteiger partial charge in [-0.2, -0.15) is 0 Å². The van der Waals surface area contributed by atoms with Crippen molar-refractivity contribution >= 4 is 15.9 Å². The lowest BCUT2D eigenvalue weighted by Gasteiger charge is -2.26. The third-order valence-corrected chi connectivity index (χ3v) is 3.31. The normalized spacial score (nSPS) is 27.6. The standard InChI is InChI=1S/C11H15BrN2/c12-11-6-2-5-10(14-11)8-3-1-4-9(13)7-8/h2,5-6,8-9H,1,3-4,7,13H2. The van der Waals surface area contributed by atoms with E-state index >= 15 is 0 Å². The molecule has 2 atom stereocenters. The van der Waals surface area contributed by atoms with Crippen LogP contribution >= 0.6 is 15.9 Å². The van der Waals surface area contributed by atoms with Gasteiger partial charge in [0, 0.05) is 17.7 Å². The zero-order valence-corrected chi connectivity index (χ0v) is 9.70. The summed E-state index contributed by atoms with van der Waals surface area (Å²) in [5.41, 5.74) is 7.15. The zero-order chi connectivity index (χ0) is 9.97. The highest BCUT2D eigenvalue weighted by atomic mass is 79.9. The van der Waals surface area contributed by atoms with Gasteiger partial charge in [0.05, 0.1) is 0 Å². The quantitative estimate of drug-likeness (QED) is 0.783. The zero-order valence-electron chi connectivity index (χ0n) is 8.12. The monoisotopic (exact) mass is 254 g/mol. The first-order valence-electron chi connectivity index (χ1n) is 5.14. The first-order chi connectivity index (χ1) is 6.75. The van der Waals surface area contributed by atoms with Gasteiger partial charge in [-0.1, -0.05) is 12.5 Å². The van der Waals surface area contributed by atoms with Crippen LogP contribution in [-0.4, -0.2) is 11.0 Å². The van der Waals surface area contributed by atoms with Crippen molar-refractivity contribution in [1.29, 1.82) is 0 Å². The Labute approximate surface area is 93.0 Å². The molecule has 0 amide bonds. The summed E-state index contributed by atoms with van der Waals surface area (Å²) in [6.45, 7) is 0. The van der Waals surface area contributed by atoms with E-state index in [2.05, 4.69) is 27.0 Å². The Morgan fingerprint density at radius 1 is 1.36 bits per heavy atom. The maximum Gasteiger partial charge on any atom is 0.106 e. The number of hydrogen-bond donors (Lipinski definition) is 1. The van der Waals surface area contributed by atoms with Crippen LogP contribution in [0.5, 0.6) is 0 Å². The third kappa shape index (κ3) is 2.34. The second kappa shape index (κ2) is 4.41. The van der Waals surface area contributed by atoms with E-state index in [0.29, 0.717) is 12.0 Å². The average Bonchev–Trinajstić information content (AvgIpc) is 2.18. The van der Waals surface area contributed by atoms with Gasteiger partial charge in [-0.05, 0) is 47.3 Å². The summed E-state index contributed by atoms with van der Waals surface area (Å²) in [5, 5.41) is 0. The first-order valence-corrected chi connectivity index (χ1v) is 5.93. The van der Waals surface area contributed by atoms with E-state index in [4.69, 9.17) is 5.73 Å². The minimum Gasteiger partial charge on any atom is -0.328 e. The topological polar surface area (TPSA) is 38.9 Å². The largest absolute Gasteiger partial charge is 0.328 e. The van der Waals surface area contributed by atoms with Crippen molar-refractivity contribution in [2.75, 3.05) is 0 Å². The van der Waals surface area contributed by atoms with Crippen LogP contribution in [0.25, 0.3) is 0 Å². The van der Waals surface area contributed by atoms with Gasteiger partial charge in [-0.15, -0.1) is 0 Å². The van der Waals surface area contributed by atoms with E-state index in [1.165, 1.54) is 25.0 Å². The Morgan fingerprint density at radius 3 is 2.93 bits per heavy atom. The van der Waals surface area contributed by atoms with E-state index in [1.54, 1.807) is 0 Å². The number of rotatable bonds is 1. The van der Waals surface area contributed by atoms with Crippen molar-refractivity contribution in [3.63, 3.8) is 0 Å². The molecule has 3 heteroatoms. The molecule has 0 saturated heterocycles. The maximum atomic E-state index is 5.96. The van der Waals surface area contributed by atoms with Crippen LogP contribution in [0.15, 0.2) is 22.8 Å². The van der Waals surface area contributed by atoms with Crippen molar-refractivity contribution in [3.8, 4) is 0 Å². The molecule has 1 aliphatic carbocycles. The minimum absolute atomic E-state index is 0.370. The van der Waals surface area contributed by atoms with E-state index in [-0.39, 0.29) is 0 Å². The van der Waals surface area contributed by atoms with Crippen LogP contribution < -0.4 is 5.73 Å². The summed E-state index contributed by atoms with van der Waals surface area (Å²) in [6.07, 6.45) is 4.73. The van der Waals surface area contributed by atoms with E-state index in [9.17, 15) is 0 Å². The molecule has 1 aromatic heterocycles. The predicted molar refractivity (Wildman–Crippen MR) is 61.1 cm³/mol. The Balaban J connectivity index is 2.14. The molecule has 1 aromatic rings. The van der Waals surface area contributed by atoms with Crippen LogP contribution in [0, 0.1) is 0 Å². The van der Waals surface area contributed by atoms with Gasteiger partial charge in [0.1, 0.15) is 4.60 Å². The SMILES string of the molecule is NC1CCCC(c2cccc(Br)n2)C1. The summed E-state index contributed by atoms with van der Waals surface area (Å²) in [4.78, 5) is 4.49. The molecular formula is C11H15BrN2. The first kappa shape index (κ1) is 10.1. The van der Waals surface area contributed by atoms with Crippen LogP contribution in [0.1, 0.15) is 37.3 Å². The molecule has 0 aliphatic heterocycles. The van der Waals surface area contributed by atoms with Gasteiger partial charge in [0.2, 0.25) is 0 Å². The highest BCUT2D eigenvalue weighted by molar-refractivity contribution is 9.10. The molecule has 76 valence electrons. The fourth-order valence-corrected chi connectivity index (χ4v) is 2.50. The fraction of sp³-hybridized carbons (Fsp3) is 0.545. The lowest BCUT2D eigenvalue weighted by molar-refractivity contribution is 0.388. The molecule has 2 unspecified atom stereocenters. The Bertz CT molecular complexity index is 314. The number of halogens is 1. The molecule has 1 heterocycles. The second-order valence-corrected chi connectivity index (χ2v) is 4.82. The molecular weight excluding hydrogens is 240 g/mol. The Morgan fingerprint density at radius 2 is 2.21 bits per heavy atom. The summed E-state index contributed by atoms with van der Waals surface area (Å²) in [6, 6.07) is 6.49. The Kier molecular flexibility index (Phi) is 3.19. The number of pyridine rings is 1. The van der Waals surface area contributed by atoms with Crippen molar-refractivity contribution in [1.82, 2.24) is 4.98 Å². The lowest BCUT2D eigenvalue weighted by Crippen LogP contribution is -2.27. The fourth-order valence-electron chi connectivity index (χ4n) is 2.15. The summed E-state index contributed by atoms with van der Waals surface area (Å²) in [5.74, 6) is 0.566. The predicted octanol–water partition coefficient (Wildman–Crippen LogP) is 2.83. The van der Waals surface area contributed by atoms with Crippen LogP contribution in [-0.2, 0) is 0 Å². The molecule has 0 bridgehead atoms. The molecule has 1 aliphatic rings. The average molecular weight is 255 g/mol. The summed E-state index contributed by atoms with van der Waals surface area (Å²) < 4.78 is 0.925. The maximum absolute atomic E-state index is 5.96. The Hall–Kier alpha value is -0.410. The molecule has 0 aromatic carbocycles. The highest BCUT2D eigenvalue weighted by Gasteiger charge is 2.21. The number of nitrogens with two attached hydrogens (primary N) is 1. The van der Waals surface area contributed by atoms with Gasteiger partial charge in [-0.3, -0.25) is 0 Å². The van der Waals surface area contributed by atoms with E-state index < -0.39 is 0 Å². The summed E-state index contributed by atoms with van der Waals surface area (Å²) >= 11 is 3.40. The number of aromatic nitrogens is 1. The lowest BCUT2D eigenvalue weighted by atomic mass is 9.84. The smallest absolute Gasteiger partial charge is 0.106 e. The van der Waals surface area contributed by atoms with Crippen molar-refractivity contribution < 1.29 is 0 Å². The van der Waals surface area contributed by atoms with Crippen molar-refractivity contribution in [3.05, 3.63) is 28.5 Å². The highest BCUT2D eigenvalue weighted by Crippen LogP contribution is 2.31. The molecule has 0 radical (unpaired) electrons. The van der Waals surface area contributed by atoms with E-state index in [1.807, 2.05) is 12.1 Å². The minimum atomic E-state index is 0.370. The van der Waals surface area contributed by atoms with Gasteiger partial charge in [0.15, 0.2) is 0 Å². The van der Waals surface area contributed by atoms with E-state index in [0.717, 1.165) is 11.0 Å². The number of hydrogen-bond acceptors (Lipinski definition) is 2. The molecule has 14 heavy (non-hydrogen) atoms.